The van der Waals surface area contributed by atoms with Crippen molar-refractivity contribution in [3.63, 3.8) is 0 Å². The Labute approximate surface area is 133 Å². The molecule has 112 valence electrons. The maximum atomic E-state index is 10.7. The van der Waals surface area contributed by atoms with Gasteiger partial charge >= 0.3 is 0 Å². The molecule has 0 saturated heterocycles. The molecular weight excluding hydrogens is 284 g/mol. The molecular formula is C21H16O2. The standard InChI is InChI=1S/C21H16O2/c22-11-14-6-5-13-9-18-15-4-2-1-3-12(15)7-8-16(18)21-19(23)10-17(14)20(13)21/h1-9,19,22-23H,10-11H2. The fourth-order valence-electron chi connectivity index (χ4n) is 4.15. The molecule has 0 aromatic heterocycles. The lowest BCUT2D eigenvalue weighted by atomic mass is 9.93. The molecule has 0 spiro atoms. The van der Waals surface area contributed by atoms with Crippen LogP contribution < -0.4 is 0 Å². The van der Waals surface area contributed by atoms with Crippen LogP contribution in [0.3, 0.4) is 0 Å². The topological polar surface area (TPSA) is 40.5 Å². The zero-order chi connectivity index (χ0) is 15.6. The minimum atomic E-state index is -0.495. The highest BCUT2D eigenvalue weighted by atomic mass is 16.3. The molecule has 0 heterocycles. The molecule has 0 radical (unpaired) electrons. The van der Waals surface area contributed by atoms with Crippen molar-refractivity contribution in [1.29, 1.82) is 0 Å². The lowest BCUT2D eigenvalue weighted by Gasteiger charge is -2.12. The van der Waals surface area contributed by atoms with Gasteiger partial charge in [0, 0.05) is 6.42 Å². The van der Waals surface area contributed by atoms with Gasteiger partial charge in [0.05, 0.1) is 12.7 Å². The molecule has 2 N–H and O–H groups in total. The molecule has 4 aromatic rings. The Hall–Kier alpha value is -2.42. The van der Waals surface area contributed by atoms with Crippen molar-refractivity contribution < 1.29 is 10.2 Å². The summed E-state index contributed by atoms with van der Waals surface area (Å²) >= 11 is 0. The SMILES string of the molecule is OCc1ccc2cc3c(ccc4ccccc43)c3c2c1CC3O. The van der Waals surface area contributed by atoms with Crippen LogP contribution in [0.4, 0.5) is 0 Å². The van der Waals surface area contributed by atoms with Crippen LogP contribution in [-0.4, -0.2) is 10.2 Å². The number of hydrogen-bond donors (Lipinski definition) is 2. The van der Waals surface area contributed by atoms with Crippen molar-refractivity contribution in [2.45, 2.75) is 19.1 Å². The van der Waals surface area contributed by atoms with Gasteiger partial charge in [0.15, 0.2) is 0 Å². The van der Waals surface area contributed by atoms with E-state index in [1.807, 2.05) is 6.07 Å². The predicted molar refractivity (Wildman–Crippen MR) is 93.5 cm³/mol. The lowest BCUT2D eigenvalue weighted by molar-refractivity contribution is 0.186. The van der Waals surface area contributed by atoms with Gasteiger partial charge in [-0.05, 0) is 55.1 Å². The summed E-state index contributed by atoms with van der Waals surface area (Å²) in [5.41, 5.74) is 3.05. The Balaban J connectivity index is 2.04. The fraction of sp³-hybridized carbons (Fsp3) is 0.143. The van der Waals surface area contributed by atoms with Gasteiger partial charge in [-0.25, -0.2) is 0 Å². The molecule has 0 saturated carbocycles. The monoisotopic (exact) mass is 300 g/mol. The summed E-state index contributed by atoms with van der Waals surface area (Å²) < 4.78 is 0. The van der Waals surface area contributed by atoms with Crippen molar-refractivity contribution in [2.24, 2.45) is 0 Å². The summed E-state index contributed by atoms with van der Waals surface area (Å²) in [6, 6.07) is 18.9. The van der Waals surface area contributed by atoms with E-state index in [0.29, 0.717) is 6.42 Å². The molecule has 0 amide bonds. The Morgan fingerprint density at radius 2 is 1.70 bits per heavy atom. The van der Waals surface area contributed by atoms with E-state index in [4.69, 9.17) is 0 Å². The highest BCUT2D eigenvalue weighted by molar-refractivity contribution is 6.15. The lowest BCUT2D eigenvalue weighted by Crippen LogP contribution is -1.95. The second kappa shape index (κ2) is 4.54. The van der Waals surface area contributed by atoms with E-state index in [9.17, 15) is 10.2 Å². The van der Waals surface area contributed by atoms with Gasteiger partial charge in [0.25, 0.3) is 0 Å². The number of fused-ring (bicyclic) bond motifs is 4. The summed E-state index contributed by atoms with van der Waals surface area (Å²) in [5, 5.41) is 27.3. The van der Waals surface area contributed by atoms with Gasteiger partial charge in [0.2, 0.25) is 0 Å². The second-order valence-electron chi connectivity index (χ2n) is 6.35. The van der Waals surface area contributed by atoms with Crippen molar-refractivity contribution in [3.05, 3.63) is 71.3 Å². The van der Waals surface area contributed by atoms with Crippen LogP contribution >= 0.6 is 0 Å². The summed E-state index contributed by atoms with van der Waals surface area (Å²) in [6.07, 6.45) is 0.0965. The van der Waals surface area contributed by atoms with Gasteiger partial charge in [-0.2, -0.15) is 0 Å². The highest BCUT2D eigenvalue weighted by Crippen LogP contribution is 2.44. The van der Waals surface area contributed by atoms with E-state index in [1.165, 1.54) is 16.2 Å². The van der Waals surface area contributed by atoms with Crippen LogP contribution in [0.25, 0.3) is 32.3 Å². The second-order valence-corrected chi connectivity index (χ2v) is 6.35. The van der Waals surface area contributed by atoms with Crippen LogP contribution in [0.2, 0.25) is 0 Å². The van der Waals surface area contributed by atoms with Crippen LogP contribution in [0.5, 0.6) is 0 Å². The molecule has 0 bridgehead atoms. The first-order valence-electron chi connectivity index (χ1n) is 7.95. The van der Waals surface area contributed by atoms with Crippen LogP contribution in [0.15, 0.2) is 54.6 Å². The largest absolute Gasteiger partial charge is 0.392 e. The van der Waals surface area contributed by atoms with E-state index in [0.717, 1.165) is 32.8 Å². The normalized spacial score (nSPS) is 16.7. The number of hydrogen-bond acceptors (Lipinski definition) is 2. The van der Waals surface area contributed by atoms with Gasteiger partial charge < -0.3 is 10.2 Å². The van der Waals surface area contributed by atoms with Crippen LogP contribution in [0.1, 0.15) is 22.8 Å². The molecule has 1 aliphatic carbocycles. The summed E-state index contributed by atoms with van der Waals surface area (Å²) in [4.78, 5) is 0. The average molecular weight is 300 g/mol. The Bertz CT molecular complexity index is 1100. The van der Waals surface area contributed by atoms with E-state index in [1.54, 1.807) is 0 Å². The van der Waals surface area contributed by atoms with Crippen LogP contribution in [-0.2, 0) is 13.0 Å². The van der Waals surface area contributed by atoms with E-state index in [2.05, 4.69) is 48.5 Å². The highest BCUT2D eigenvalue weighted by Gasteiger charge is 2.27. The molecule has 2 heteroatoms. The number of aliphatic hydroxyl groups is 2. The van der Waals surface area contributed by atoms with Gasteiger partial charge in [-0.1, -0.05) is 48.5 Å². The molecule has 1 aliphatic rings. The van der Waals surface area contributed by atoms with Crippen molar-refractivity contribution in [1.82, 2.24) is 0 Å². The molecule has 23 heavy (non-hydrogen) atoms. The third-order valence-corrected chi connectivity index (χ3v) is 5.17. The first-order chi connectivity index (χ1) is 11.3. The molecule has 1 unspecified atom stereocenters. The minimum absolute atomic E-state index is 0.0210. The maximum absolute atomic E-state index is 10.7. The van der Waals surface area contributed by atoms with E-state index >= 15 is 0 Å². The van der Waals surface area contributed by atoms with E-state index < -0.39 is 6.10 Å². The molecule has 2 nitrogen and oxygen atoms in total. The van der Waals surface area contributed by atoms with Gasteiger partial charge in [-0.3, -0.25) is 0 Å². The minimum Gasteiger partial charge on any atom is -0.392 e. The predicted octanol–water partition coefficient (Wildman–Crippen LogP) is 4.23. The van der Waals surface area contributed by atoms with Crippen molar-refractivity contribution >= 4 is 32.3 Å². The molecule has 1 atom stereocenters. The van der Waals surface area contributed by atoms with Gasteiger partial charge in [-0.15, -0.1) is 0 Å². The summed E-state index contributed by atoms with van der Waals surface area (Å²) in [5.74, 6) is 0. The Kier molecular flexibility index (Phi) is 2.58. The fourth-order valence-corrected chi connectivity index (χ4v) is 4.15. The molecule has 0 aliphatic heterocycles. The average Bonchev–Trinajstić information content (AvgIpc) is 2.94. The molecule has 4 aromatic carbocycles. The zero-order valence-electron chi connectivity index (χ0n) is 12.6. The quantitative estimate of drug-likeness (QED) is 0.408. The third-order valence-electron chi connectivity index (χ3n) is 5.17. The maximum Gasteiger partial charge on any atom is 0.0842 e. The first-order valence-corrected chi connectivity index (χ1v) is 7.95. The van der Waals surface area contributed by atoms with Crippen LogP contribution in [0, 0.1) is 0 Å². The van der Waals surface area contributed by atoms with E-state index in [-0.39, 0.29) is 6.61 Å². The molecule has 0 fully saturated rings. The molecule has 5 rings (SSSR count). The third kappa shape index (κ3) is 1.65. The zero-order valence-corrected chi connectivity index (χ0v) is 12.6. The van der Waals surface area contributed by atoms with Crippen molar-refractivity contribution in [3.8, 4) is 0 Å². The number of aliphatic hydroxyl groups excluding tert-OH is 2. The Morgan fingerprint density at radius 3 is 2.57 bits per heavy atom. The first kappa shape index (κ1) is 13.1. The summed E-state index contributed by atoms with van der Waals surface area (Å²) in [7, 11) is 0. The van der Waals surface area contributed by atoms with Gasteiger partial charge in [0.1, 0.15) is 0 Å². The summed E-state index contributed by atoms with van der Waals surface area (Å²) in [6.45, 7) is 0.0210. The Morgan fingerprint density at radius 1 is 0.870 bits per heavy atom. The van der Waals surface area contributed by atoms with Crippen molar-refractivity contribution in [2.75, 3.05) is 0 Å². The number of rotatable bonds is 1. The number of benzene rings is 4. The smallest absolute Gasteiger partial charge is 0.0842 e.